The topological polar surface area (TPSA) is 79.5 Å². The first-order chi connectivity index (χ1) is 12.3. The summed E-state index contributed by atoms with van der Waals surface area (Å²) in [6.45, 7) is 5.66. The molecule has 0 fully saturated rings. The first kappa shape index (κ1) is 17.7. The minimum Gasteiger partial charge on any atom is -0.506 e. The molecule has 3 aromatic rings. The molecule has 0 radical (unpaired) electrons. The van der Waals surface area contributed by atoms with Crippen LogP contribution in [0.1, 0.15) is 28.7 Å². The van der Waals surface area contributed by atoms with Crippen LogP contribution in [-0.4, -0.2) is 11.0 Å². The molecule has 134 valence electrons. The second kappa shape index (κ2) is 7.04. The van der Waals surface area contributed by atoms with Crippen LogP contribution in [-0.2, 0) is 11.2 Å². The molecule has 1 aromatic heterocycles. The molecule has 0 saturated heterocycles. The Labute approximate surface area is 151 Å². The number of hydrogen-bond acceptors (Lipinski definition) is 4. The Kier molecular flexibility index (Phi) is 4.80. The van der Waals surface area contributed by atoms with E-state index in [4.69, 9.17) is 4.42 Å². The molecule has 5 nitrogen and oxygen atoms in total. The summed E-state index contributed by atoms with van der Waals surface area (Å²) in [5.74, 6) is -0.248. The normalized spacial score (nSPS) is 10.9. The molecule has 2 aromatic carbocycles. The van der Waals surface area contributed by atoms with Crippen molar-refractivity contribution >= 4 is 22.6 Å². The predicted molar refractivity (Wildman–Crippen MR) is 102 cm³/mol. The van der Waals surface area contributed by atoms with E-state index in [2.05, 4.69) is 5.32 Å². The minimum absolute atomic E-state index is 0.0233. The van der Waals surface area contributed by atoms with Gasteiger partial charge in [0.05, 0.1) is 5.69 Å². The molecule has 0 aliphatic carbocycles. The average molecular weight is 351 g/mol. The number of amides is 1. The third kappa shape index (κ3) is 3.61. The first-order valence-corrected chi connectivity index (χ1v) is 8.47. The Morgan fingerprint density at radius 2 is 1.77 bits per heavy atom. The van der Waals surface area contributed by atoms with Gasteiger partial charge in [0.15, 0.2) is 0 Å². The Hall–Kier alpha value is -3.08. The lowest BCUT2D eigenvalue weighted by atomic mass is 10.0. The average Bonchev–Trinajstić information content (AvgIpc) is 2.57. The highest BCUT2D eigenvalue weighted by Gasteiger charge is 2.14. The second-order valence-corrected chi connectivity index (χ2v) is 6.56. The van der Waals surface area contributed by atoms with E-state index in [1.807, 2.05) is 39.0 Å². The third-order valence-electron chi connectivity index (χ3n) is 4.47. The lowest BCUT2D eigenvalue weighted by Crippen LogP contribution is -2.16. The Morgan fingerprint density at radius 1 is 1.08 bits per heavy atom. The fourth-order valence-electron chi connectivity index (χ4n) is 2.99. The molecule has 0 saturated carbocycles. The highest BCUT2D eigenvalue weighted by Crippen LogP contribution is 2.25. The molecule has 2 N–H and O–H groups in total. The molecule has 26 heavy (non-hydrogen) atoms. The molecule has 0 atom stereocenters. The van der Waals surface area contributed by atoms with Gasteiger partial charge in [-0.05, 0) is 62.1 Å². The van der Waals surface area contributed by atoms with E-state index in [0.717, 1.165) is 22.1 Å². The van der Waals surface area contributed by atoms with Gasteiger partial charge in [0.25, 0.3) is 0 Å². The van der Waals surface area contributed by atoms with Crippen LogP contribution in [0.3, 0.4) is 0 Å². The van der Waals surface area contributed by atoms with Gasteiger partial charge in [-0.15, -0.1) is 0 Å². The van der Waals surface area contributed by atoms with E-state index in [1.54, 1.807) is 18.2 Å². The van der Waals surface area contributed by atoms with E-state index < -0.39 is 5.63 Å². The van der Waals surface area contributed by atoms with Crippen molar-refractivity contribution in [2.24, 2.45) is 0 Å². The number of benzene rings is 2. The van der Waals surface area contributed by atoms with Gasteiger partial charge in [0.2, 0.25) is 5.91 Å². The zero-order chi connectivity index (χ0) is 18.8. The van der Waals surface area contributed by atoms with Crippen LogP contribution in [0.5, 0.6) is 5.75 Å². The van der Waals surface area contributed by atoms with Crippen LogP contribution >= 0.6 is 0 Å². The van der Waals surface area contributed by atoms with Gasteiger partial charge in [-0.3, -0.25) is 4.79 Å². The predicted octanol–water partition coefficient (Wildman–Crippen LogP) is 4.00. The second-order valence-electron chi connectivity index (χ2n) is 6.56. The molecule has 3 rings (SSSR count). The minimum atomic E-state index is -0.411. The SMILES string of the molecule is Cc1ccc(NC(=O)CCc2c(C)c3ccc(C)cc3oc2=O)c(O)c1. The highest BCUT2D eigenvalue weighted by molar-refractivity contribution is 5.92. The summed E-state index contributed by atoms with van der Waals surface area (Å²) >= 11 is 0. The van der Waals surface area contributed by atoms with E-state index in [-0.39, 0.29) is 24.5 Å². The Morgan fingerprint density at radius 3 is 2.50 bits per heavy atom. The van der Waals surface area contributed by atoms with E-state index in [1.165, 1.54) is 0 Å². The van der Waals surface area contributed by atoms with Crippen molar-refractivity contribution in [2.75, 3.05) is 5.32 Å². The largest absolute Gasteiger partial charge is 0.506 e. The van der Waals surface area contributed by atoms with Crippen LogP contribution in [0.25, 0.3) is 11.0 Å². The summed E-state index contributed by atoms with van der Waals surface area (Å²) in [5.41, 5.74) is 3.77. The maximum Gasteiger partial charge on any atom is 0.339 e. The highest BCUT2D eigenvalue weighted by atomic mass is 16.4. The maximum atomic E-state index is 12.3. The quantitative estimate of drug-likeness (QED) is 0.550. The van der Waals surface area contributed by atoms with Crippen LogP contribution in [0, 0.1) is 20.8 Å². The van der Waals surface area contributed by atoms with Crippen molar-refractivity contribution in [3.8, 4) is 5.75 Å². The summed E-state index contributed by atoms with van der Waals surface area (Å²) in [5, 5.41) is 13.4. The number of phenols is 1. The molecule has 0 spiro atoms. The van der Waals surface area contributed by atoms with Crippen LogP contribution < -0.4 is 10.9 Å². The summed E-state index contributed by atoms with van der Waals surface area (Å²) in [7, 11) is 0. The number of aryl methyl sites for hydroxylation is 3. The van der Waals surface area contributed by atoms with Crippen molar-refractivity contribution in [2.45, 2.75) is 33.6 Å². The van der Waals surface area contributed by atoms with Crippen molar-refractivity contribution in [1.82, 2.24) is 0 Å². The summed E-state index contributed by atoms with van der Waals surface area (Å²) in [6.07, 6.45) is 0.396. The van der Waals surface area contributed by atoms with Crippen LogP contribution in [0.2, 0.25) is 0 Å². The number of phenolic OH excluding ortho intramolecular Hbond substituents is 1. The smallest absolute Gasteiger partial charge is 0.339 e. The first-order valence-electron chi connectivity index (χ1n) is 8.47. The van der Waals surface area contributed by atoms with Crippen molar-refractivity contribution in [3.63, 3.8) is 0 Å². The molecule has 0 bridgehead atoms. The molecular formula is C21H21NO4. The number of anilines is 1. The molecule has 1 amide bonds. The third-order valence-corrected chi connectivity index (χ3v) is 4.47. The number of aromatic hydroxyl groups is 1. The molecule has 0 unspecified atom stereocenters. The fourth-order valence-corrected chi connectivity index (χ4v) is 2.99. The zero-order valence-corrected chi connectivity index (χ0v) is 15.1. The lowest BCUT2D eigenvalue weighted by molar-refractivity contribution is -0.116. The lowest BCUT2D eigenvalue weighted by Gasteiger charge is -2.10. The Balaban J connectivity index is 1.78. The Bertz CT molecular complexity index is 1050. The number of carbonyl (C=O) groups excluding carboxylic acids is 1. The fraction of sp³-hybridized carbons (Fsp3) is 0.238. The van der Waals surface area contributed by atoms with E-state index in [0.29, 0.717) is 16.8 Å². The van der Waals surface area contributed by atoms with Gasteiger partial charge in [0, 0.05) is 17.4 Å². The number of hydrogen-bond donors (Lipinski definition) is 2. The zero-order valence-electron chi connectivity index (χ0n) is 15.1. The molecule has 0 aliphatic rings. The van der Waals surface area contributed by atoms with Crippen LogP contribution in [0.15, 0.2) is 45.6 Å². The van der Waals surface area contributed by atoms with Crippen LogP contribution in [0.4, 0.5) is 5.69 Å². The number of nitrogens with one attached hydrogen (secondary N) is 1. The van der Waals surface area contributed by atoms with Gasteiger partial charge < -0.3 is 14.8 Å². The van der Waals surface area contributed by atoms with Gasteiger partial charge >= 0.3 is 5.63 Å². The van der Waals surface area contributed by atoms with Crippen molar-refractivity contribution in [1.29, 1.82) is 0 Å². The molecule has 5 heteroatoms. The number of fused-ring (bicyclic) bond motifs is 1. The van der Waals surface area contributed by atoms with E-state index in [9.17, 15) is 14.7 Å². The maximum absolute atomic E-state index is 12.3. The van der Waals surface area contributed by atoms with Gasteiger partial charge in [-0.1, -0.05) is 18.2 Å². The van der Waals surface area contributed by atoms with E-state index >= 15 is 0 Å². The van der Waals surface area contributed by atoms with Gasteiger partial charge in [-0.2, -0.15) is 0 Å². The summed E-state index contributed by atoms with van der Waals surface area (Å²) in [6, 6.07) is 10.8. The van der Waals surface area contributed by atoms with Gasteiger partial charge in [0.1, 0.15) is 11.3 Å². The summed E-state index contributed by atoms with van der Waals surface area (Å²) in [4.78, 5) is 24.5. The monoisotopic (exact) mass is 351 g/mol. The number of rotatable bonds is 4. The van der Waals surface area contributed by atoms with Crippen molar-refractivity contribution in [3.05, 3.63) is 69.1 Å². The van der Waals surface area contributed by atoms with Gasteiger partial charge in [-0.25, -0.2) is 4.79 Å². The molecule has 1 heterocycles. The molecule has 0 aliphatic heterocycles. The summed E-state index contributed by atoms with van der Waals surface area (Å²) < 4.78 is 5.41. The molecular weight excluding hydrogens is 330 g/mol. The van der Waals surface area contributed by atoms with Crippen molar-refractivity contribution < 1.29 is 14.3 Å². The standard InChI is InChI=1S/C21H21NO4/c1-12-5-8-17(18(23)10-12)22-20(24)9-7-16-14(3)15-6-4-13(2)11-19(15)26-21(16)25/h4-6,8,10-11,23H,7,9H2,1-3H3,(H,22,24). The number of carbonyl (C=O) groups is 1.